The Balaban J connectivity index is 1.50. The van der Waals surface area contributed by atoms with E-state index in [-0.39, 0.29) is 29.8 Å². The molecule has 2 heterocycles. The maximum absolute atomic E-state index is 11.0. The van der Waals surface area contributed by atoms with E-state index in [1.807, 2.05) is 0 Å². The van der Waals surface area contributed by atoms with Gasteiger partial charge in [0.05, 0.1) is 9.95 Å². The molecule has 0 amide bonds. The second kappa shape index (κ2) is 7.94. The van der Waals surface area contributed by atoms with Gasteiger partial charge < -0.3 is 13.7 Å². The molecule has 0 N–H and O–H groups in total. The quantitative estimate of drug-likeness (QED) is 0.281. The lowest BCUT2D eigenvalue weighted by atomic mass is 10.2. The smallest absolute Gasteiger partial charge is 0.310 e. The zero-order valence-corrected chi connectivity index (χ0v) is 16.1. The molecule has 0 aliphatic rings. The van der Waals surface area contributed by atoms with Crippen LogP contribution in [0.4, 0.5) is 5.69 Å². The van der Waals surface area contributed by atoms with Gasteiger partial charge in [0.15, 0.2) is 11.5 Å². The van der Waals surface area contributed by atoms with Crippen LogP contribution < -0.4 is 4.74 Å². The Morgan fingerprint density at radius 1 is 1.10 bits per heavy atom. The number of hydrogen-bond acceptors (Lipinski definition) is 7. The molecule has 4 aromatic rings. The van der Waals surface area contributed by atoms with E-state index in [0.717, 1.165) is 0 Å². The van der Waals surface area contributed by atoms with E-state index in [4.69, 9.17) is 36.9 Å². The number of nitro benzene ring substituents is 1. The van der Waals surface area contributed by atoms with E-state index in [9.17, 15) is 10.1 Å². The zero-order valence-electron chi connectivity index (χ0n) is 14.5. The van der Waals surface area contributed by atoms with Crippen LogP contribution in [0.5, 0.6) is 5.75 Å². The molecule has 2 aromatic heterocycles. The normalized spacial score (nSPS) is 10.8. The van der Waals surface area contributed by atoms with Crippen LogP contribution in [0.25, 0.3) is 23.0 Å². The highest BCUT2D eigenvalue weighted by Gasteiger charge is 2.18. The fourth-order valence-corrected chi connectivity index (χ4v) is 3.05. The monoisotopic (exact) mass is 431 g/mol. The predicted octanol–water partition coefficient (Wildman–Crippen LogP) is 5.79. The molecule has 8 nitrogen and oxygen atoms in total. The van der Waals surface area contributed by atoms with Crippen LogP contribution in [0.3, 0.4) is 0 Å². The van der Waals surface area contributed by atoms with Gasteiger partial charge in [-0.3, -0.25) is 10.1 Å². The highest BCUT2D eigenvalue weighted by Crippen LogP contribution is 2.31. The Morgan fingerprint density at radius 3 is 2.72 bits per heavy atom. The van der Waals surface area contributed by atoms with Crippen LogP contribution >= 0.6 is 23.2 Å². The number of ether oxygens (including phenoxy) is 1. The molecule has 0 unspecified atom stereocenters. The molecule has 10 heteroatoms. The Labute approximate surface area is 173 Å². The third kappa shape index (κ3) is 4.08. The van der Waals surface area contributed by atoms with E-state index in [0.29, 0.717) is 27.1 Å². The molecule has 2 aromatic carbocycles. The number of para-hydroxylation sites is 2. The standard InChI is InChI=1S/C19H11Cl2N3O5/c20-11-5-7-13(14(21)9-11)18-22-19(29-23-18)17-8-6-12(28-17)10-27-16-4-2-1-3-15(16)24(25)26/h1-9H,10H2. The van der Waals surface area contributed by atoms with Crippen molar-refractivity contribution in [1.82, 2.24) is 10.1 Å². The number of halogens is 2. The van der Waals surface area contributed by atoms with Gasteiger partial charge in [0.1, 0.15) is 12.4 Å². The van der Waals surface area contributed by atoms with E-state index in [2.05, 4.69) is 10.1 Å². The van der Waals surface area contributed by atoms with Crippen molar-refractivity contribution in [3.63, 3.8) is 0 Å². The van der Waals surface area contributed by atoms with E-state index < -0.39 is 4.92 Å². The number of nitrogens with zero attached hydrogens (tertiary/aromatic N) is 3. The largest absolute Gasteiger partial charge is 0.479 e. The minimum Gasteiger partial charge on any atom is -0.479 e. The van der Waals surface area contributed by atoms with Crippen molar-refractivity contribution >= 4 is 28.9 Å². The summed E-state index contributed by atoms with van der Waals surface area (Å²) in [4.78, 5) is 14.8. The van der Waals surface area contributed by atoms with Crippen LogP contribution in [-0.4, -0.2) is 15.1 Å². The molecule has 4 rings (SSSR count). The van der Waals surface area contributed by atoms with Crippen LogP contribution in [0.2, 0.25) is 10.0 Å². The number of rotatable bonds is 6. The number of furan rings is 1. The molecular formula is C19H11Cl2N3O5. The summed E-state index contributed by atoms with van der Waals surface area (Å²) in [5.74, 6) is 1.35. The summed E-state index contributed by atoms with van der Waals surface area (Å²) in [7, 11) is 0. The molecule has 0 radical (unpaired) electrons. The first-order valence-electron chi connectivity index (χ1n) is 8.25. The number of hydrogen-bond donors (Lipinski definition) is 0. The molecular weight excluding hydrogens is 421 g/mol. The van der Waals surface area contributed by atoms with E-state index >= 15 is 0 Å². The van der Waals surface area contributed by atoms with Crippen LogP contribution in [-0.2, 0) is 6.61 Å². The van der Waals surface area contributed by atoms with Crippen molar-refractivity contribution in [3.05, 3.63) is 80.5 Å². The Bertz CT molecular complexity index is 1190. The van der Waals surface area contributed by atoms with Gasteiger partial charge in [0.2, 0.25) is 5.82 Å². The molecule has 0 saturated carbocycles. The average molecular weight is 432 g/mol. The van der Waals surface area contributed by atoms with Crippen molar-refractivity contribution in [2.75, 3.05) is 0 Å². The lowest BCUT2D eigenvalue weighted by Gasteiger charge is -2.04. The molecule has 0 bridgehead atoms. The lowest BCUT2D eigenvalue weighted by Crippen LogP contribution is -1.97. The van der Waals surface area contributed by atoms with Crippen molar-refractivity contribution in [1.29, 1.82) is 0 Å². The molecule has 0 fully saturated rings. The third-order valence-corrected chi connectivity index (χ3v) is 4.45. The minimum atomic E-state index is -0.509. The number of aromatic nitrogens is 2. The van der Waals surface area contributed by atoms with Crippen LogP contribution in [0.15, 0.2) is 63.5 Å². The second-order valence-electron chi connectivity index (χ2n) is 5.83. The van der Waals surface area contributed by atoms with Gasteiger partial charge in [-0.15, -0.1) is 0 Å². The summed E-state index contributed by atoms with van der Waals surface area (Å²) in [5, 5.41) is 15.8. The van der Waals surface area contributed by atoms with E-state index in [1.54, 1.807) is 42.5 Å². The molecule has 29 heavy (non-hydrogen) atoms. The van der Waals surface area contributed by atoms with Gasteiger partial charge in [-0.25, -0.2) is 0 Å². The van der Waals surface area contributed by atoms with Crippen molar-refractivity contribution in [2.24, 2.45) is 0 Å². The third-order valence-electron chi connectivity index (χ3n) is 3.90. The summed E-state index contributed by atoms with van der Waals surface area (Å²) in [6.45, 7) is -0.00510. The van der Waals surface area contributed by atoms with E-state index in [1.165, 1.54) is 12.1 Å². The Morgan fingerprint density at radius 2 is 1.93 bits per heavy atom. The van der Waals surface area contributed by atoms with Crippen molar-refractivity contribution in [2.45, 2.75) is 6.61 Å². The topological polar surface area (TPSA) is 104 Å². The molecule has 0 saturated heterocycles. The fourth-order valence-electron chi connectivity index (χ4n) is 2.55. The average Bonchev–Trinajstić information content (AvgIpc) is 3.36. The van der Waals surface area contributed by atoms with Crippen molar-refractivity contribution in [3.8, 4) is 28.8 Å². The SMILES string of the molecule is O=[N+]([O-])c1ccccc1OCc1ccc(-c2nc(-c3ccc(Cl)cc3Cl)no2)o1. The van der Waals surface area contributed by atoms with Crippen LogP contribution in [0.1, 0.15) is 5.76 Å². The molecule has 0 aliphatic heterocycles. The second-order valence-corrected chi connectivity index (χ2v) is 6.67. The summed E-state index contributed by atoms with van der Waals surface area (Å²) < 4.78 is 16.4. The summed E-state index contributed by atoms with van der Waals surface area (Å²) >= 11 is 12.1. The summed E-state index contributed by atoms with van der Waals surface area (Å²) in [6, 6.07) is 14.3. The highest BCUT2D eigenvalue weighted by molar-refractivity contribution is 6.36. The number of nitro groups is 1. The van der Waals surface area contributed by atoms with Gasteiger partial charge in [-0.05, 0) is 36.4 Å². The molecule has 0 spiro atoms. The van der Waals surface area contributed by atoms with Gasteiger partial charge in [-0.2, -0.15) is 4.98 Å². The predicted molar refractivity (Wildman–Crippen MR) is 105 cm³/mol. The van der Waals surface area contributed by atoms with Gasteiger partial charge in [0.25, 0.3) is 5.89 Å². The first-order valence-corrected chi connectivity index (χ1v) is 9.01. The summed E-state index contributed by atoms with van der Waals surface area (Å²) in [5.41, 5.74) is 0.443. The highest BCUT2D eigenvalue weighted by atomic mass is 35.5. The first kappa shape index (κ1) is 19.0. The van der Waals surface area contributed by atoms with Gasteiger partial charge >= 0.3 is 5.69 Å². The van der Waals surface area contributed by atoms with Gasteiger partial charge in [0, 0.05) is 16.7 Å². The molecule has 146 valence electrons. The summed E-state index contributed by atoms with van der Waals surface area (Å²) in [6.07, 6.45) is 0. The van der Waals surface area contributed by atoms with Crippen LogP contribution in [0, 0.1) is 10.1 Å². The maximum atomic E-state index is 11.0. The fraction of sp³-hybridized carbons (Fsp3) is 0.0526. The Hall–Kier alpha value is -3.36. The van der Waals surface area contributed by atoms with Crippen molar-refractivity contribution < 1.29 is 18.6 Å². The van der Waals surface area contributed by atoms with Gasteiger partial charge in [-0.1, -0.05) is 40.5 Å². The Kier molecular flexibility index (Phi) is 5.20. The molecule has 0 atom stereocenters. The number of benzene rings is 2. The molecule has 0 aliphatic carbocycles. The minimum absolute atomic E-state index is 0.00510. The zero-order chi connectivity index (χ0) is 20.4. The lowest BCUT2D eigenvalue weighted by molar-refractivity contribution is -0.386. The first-order chi connectivity index (χ1) is 14.0. The maximum Gasteiger partial charge on any atom is 0.310 e.